The van der Waals surface area contributed by atoms with Gasteiger partial charge in [0.25, 0.3) is 0 Å². The Balaban J connectivity index is 2.59. The molecule has 0 bridgehead atoms. The summed E-state index contributed by atoms with van der Waals surface area (Å²) in [7, 11) is -10.6. The number of aliphatic hydroxyl groups excluding tert-OH is 5. The van der Waals surface area contributed by atoms with Gasteiger partial charge in [-0.25, -0.2) is 9.13 Å². The average Bonchev–Trinajstić information content (AvgIpc) is 3.29. The molecule has 9 unspecified atom stereocenters. The molecule has 68 heavy (non-hydrogen) atoms. The van der Waals surface area contributed by atoms with Crippen molar-refractivity contribution < 1.29 is 86.7 Å². The first-order valence-corrected chi connectivity index (χ1v) is 27.9. The predicted molar refractivity (Wildman–Crippen MR) is 258 cm³/mol. The van der Waals surface area contributed by atoms with Crippen LogP contribution in [0.2, 0.25) is 0 Å². The molecule has 1 saturated carbocycles. The van der Waals surface area contributed by atoms with Crippen LogP contribution in [-0.4, -0.2) is 127 Å². The second-order valence-corrected chi connectivity index (χ2v) is 19.9. The monoisotopic (exact) mass is 1010 g/mol. The zero-order chi connectivity index (χ0) is 50.5. The fourth-order valence-electron chi connectivity index (χ4n) is 7.12. The topological polar surface area (TPSA) is 285 Å². The SMILES string of the molecule is CCCCCC=CCC=CCC=CCCCCC(=O)OCC(COCC(O)COP(=O)(O)OC1C(O)C(O)C(O)C(OP(=O)(O)O)C1O)OC(=O)CCCCCCCCCC=CCCCCCC. The number of carbonyl (C=O) groups is 2. The Kier molecular flexibility index (Phi) is 37.1. The highest BCUT2D eigenvalue weighted by atomic mass is 31.2. The third-order valence-corrected chi connectivity index (χ3v) is 12.5. The van der Waals surface area contributed by atoms with Gasteiger partial charge in [-0.2, -0.15) is 0 Å². The van der Waals surface area contributed by atoms with E-state index in [4.69, 9.17) is 33.0 Å². The van der Waals surface area contributed by atoms with Gasteiger partial charge in [-0.05, 0) is 77.0 Å². The molecule has 0 radical (unpaired) electrons. The van der Waals surface area contributed by atoms with Crippen molar-refractivity contribution in [1.82, 2.24) is 0 Å². The summed E-state index contributed by atoms with van der Waals surface area (Å²) in [4.78, 5) is 53.8. The molecule has 1 rings (SSSR count). The van der Waals surface area contributed by atoms with Crippen molar-refractivity contribution in [1.29, 1.82) is 0 Å². The number of carbonyl (C=O) groups excluding carboxylic acids is 2. The number of phosphoric acid groups is 2. The predicted octanol–water partition coefficient (Wildman–Crippen LogP) is 7.88. The molecule has 1 aliphatic rings. The standard InChI is InChI=1S/C48H86O18P2/c1-3-5-7-9-11-13-15-17-19-21-23-25-27-29-31-33-41(50)62-38-40(64-42(51)34-32-30-28-26-24-22-20-18-16-14-12-10-8-6-4-2)37-61-35-39(49)36-63-68(59,60)66-48-45(54)43(52)44(53)47(46(48)55)65-67(56,57)58/h11,13-14,16-17,19,23,25,39-40,43-49,52-55H,3-10,12,15,18,20-22,24,26-38H2,1-2H3,(H,59,60)(H2,56,57,58). The molecular weight excluding hydrogens is 926 g/mol. The zero-order valence-corrected chi connectivity index (χ0v) is 42.4. The summed E-state index contributed by atoms with van der Waals surface area (Å²) in [6.45, 7) is 2.32. The fraction of sp³-hybridized carbons (Fsp3) is 0.792. The van der Waals surface area contributed by atoms with E-state index in [1.54, 1.807) is 0 Å². The normalized spacial score (nSPS) is 22.1. The van der Waals surface area contributed by atoms with Gasteiger partial charge in [0.2, 0.25) is 0 Å². The van der Waals surface area contributed by atoms with Crippen LogP contribution in [0.25, 0.3) is 0 Å². The summed E-state index contributed by atoms with van der Waals surface area (Å²) in [6.07, 6.45) is 24.6. The smallest absolute Gasteiger partial charge is 0.462 e. The number of phosphoric ester groups is 2. The molecule has 0 amide bonds. The van der Waals surface area contributed by atoms with Crippen molar-refractivity contribution in [2.45, 2.75) is 217 Å². The summed E-state index contributed by atoms with van der Waals surface area (Å²) in [6, 6.07) is 0. The average molecular weight is 1010 g/mol. The number of rotatable bonds is 42. The summed E-state index contributed by atoms with van der Waals surface area (Å²) in [5, 5.41) is 51.2. The van der Waals surface area contributed by atoms with Crippen molar-refractivity contribution in [2.24, 2.45) is 0 Å². The Morgan fingerprint density at radius 1 is 0.515 bits per heavy atom. The van der Waals surface area contributed by atoms with E-state index in [9.17, 15) is 49.1 Å². The second kappa shape index (κ2) is 39.5. The van der Waals surface area contributed by atoms with E-state index in [2.05, 4.69) is 67.0 Å². The highest BCUT2D eigenvalue weighted by molar-refractivity contribution is 7.47. The molecule has 1 aliphatic carbocycles. The van der Waals surface area contributed by atoms with E-state index >= 15 is 0 Å². The molecule has 0 spiro atoms. The quantitative estimate of drug-likeness (QED) is 0.0125. The number of esters is 2. The Hall–Kier alpha value is -2.12. The van der Waals surface area contributed by atoms with Crippen molar-refractivity contribution in [3.63, 3.8) is 0 Å². The van der Waals surface area contributed by atoms with Crippen LogP contribution >= 0.6 is 15.6 Å². The lowest BCUT2D eigenvalue weighted by atomic mass is 9.85. The van der Waals surface area contributed by atoms with E-state index in [1.165, 1.54) is 44.9 Å². The molecule has 20 heteroatoms. The van der Waals surface area contributed by atoms with Crippen LogP contribution in [0.15, 0.2) is 48.6 Å². The van der Waals surface area contributed by atoms with Crippen molar-refractivity contribution in [2.75, 3.05) is 26.4 Å². The number of aliphatic hydroxyl groups is 5. The molecule has 0 heterocycles. The molecule has 0 aromatic carbocycles. The van der Waals surface area contributed by atoms with Crippen molar-refractivity contribution >= 4 is 27.6 Å². The van der Waals surface area contributed by atoms with Gasteiger partial charge in [0.1, 0.15) is 49.3 Å². The molecule has 18 nitrogen and oxygen atoms in total. The van der Waals surface area contributed by atoms with Gasteiger partial charge in [0.05, 0.1) is 19.8 Å². The third-order valence-electron chi connectivity index (χ3n) is 11.0. The van der Waals surface area contributed by atoms with E-state index in [0.717, 1.165) is 83.5 Å². The van der Waals surface area contributed by atoms with Crippen LogP contribution in [0.1, 0.15) is 168 Å². The molecule has 0 aromatic heterocycles. The van der Waals surface area contributed by atoms with Crippen LogP contribution in [0.3, 0.4) is 0 Å². The lowest BCUT2D eigenvalue weighted by molar-refractivity contribution is -0.216. The lowest BCUT2D eigenvalue weighted by Gasteiger charge is -2.43. The minimum absolute atomic E-state index is 0.141. The number of allylic oxidation sites excluding steroid dienone is 8. The summed E-state index contributed by atoms with van der Waals surface area (Å²) in [5.74, 6) is -1.00. The summed E-state index contributed by atoms with van der Waals surface area (Å²) < 4.78 is 54.2. The van der Waals surface area contributed by atoms with Crippen LogP contribution < -0.4 is 0 Å². The maximum Gasteiger partial charge on any atom is 0.472 e. The summed E-state index contributed by atoms with van der Waals surface area (Å²) >= 11 is 0. The zero-order valence-electron chi connectivity index (χ0n) is 40.6. The van der Waals surface area contributed by atoms with Gasteiger partial charge in [-0.1, -0.05) is 127 Å². The molecule has 0 aromatic rings. The van der Waals surface area contributed by atoms with Crippen LogP contribution in [-0.2, 0) is 46.5 Å². The highest BCUT2D eigenvalue weighted by Gasteiger charge is 2.54. The number of hydrogen-bond acceptors (Lipinski definition) is 15. The number of unbranched alkanes of at least 4 members (excludes halogenated alkanes) is 16. The highest BCUT2D eigenvalue weighted by Crippen LogP contribution is 2.48. The van der Waals surface area contributed by atoms with Crippen molar-refractivity contribution in [3.8, 4) is 0 Å². The Labute approximate surface area is 405 Å². The van der Waals surface area contributed by atoms with Crippen LogP contribution in [0.5, 0.6) is 0 Å². The minimum atomic E-state index is -5.36. The largest absolute Gasteiger partial charge is 0.472 e. The van der Waals surface area contributed by atoms with Crippen molar-refractivity contribution in [3.05, 3.63) is 48.6 Å². The van der Waals surface area contributed by atoms with Gasteiger partial charge in [-0.15, -0.1) is 0 Å². The van der Waals surface area contributed by atoms with Gasteiger partial charge < -0.3 is 54.4 Å². The molecule has 0 saturated heterocycles. The lowest BCUT2D eigenvalue weighted by Crippen LogP contribution is -2.64. The first kappa shape index (κ1) is 63.9. The Bertz CT molecular complexity index is 1520. The molecule has 9 atom stereocenters. The summed E-state index contributed by atoms with van der Waals surface area (Å²) in [5.41, 5.74) is 0. The van der Waals surface area contributed by atoms with Crippen LogP contribution in [0.4, 0.5) is 0 Å². The fourth-order valence-corrected chi connectivity index (χ4v) is 8.66. The Morgan fingerprint density at radius 2 is 0.956 bits per heavy atom. The molecule has 396 valence electrons. The van der Waals surface area contributed by atoms with E-state index in [0.29, 0.717) is 12.8 Å². The molecular formula is C48H86O18P2. The van der Waals surface area contributed by atoms with Gasteiger partial charge >= 0.3 is 27.6 Å². The van der Waals surface area contributed by atoms with Gasteiger partial charge in [-0.3, -0.25) is 23.2 Å². The maximum absolute atomic E-state index is 12.8. The third kappa shape index (κ3) is 33.5. The first-order chi connectivity index (χ1) is 32.5. The molecule has 8 N–H and O–H groups in total. The Morgan fingerprint density at radius 3 is 1.53 bits per heavy atom. The molecule has 1 fully saturated rings. The number of ether oxygens (including phenoxy) is 3. The number of hydrogen-bond donors (Lipinski definition) is 8. The van der Waals surface area contributed by atoms with E-state index in [-0.39, 0.29) is 26.1 Å². The first-order valence-electron chi connectivity index (χ1n) is 24.8. The second-order valence-electron chi connectivity index (χ2n) is 17.3. The minimum Gasteiger partial charge on any atom is -0.462 e. The van der Waals surface area contributed by atoms with Gasteiger partial charge in [0, 0.05) is 12.8 Å². The van der Waals surface area contributed by atoms with E-state index < -0.39 is 89.6 Å². The van der Waals surface area contributed by atoms with Crippen LogP contribution in [0, 0.1) is 0 Å². The maximum atomic E-state index is 12.8. The van der Waals surface area contributed by atoms with Gasteiger partial charge in [0.15, 0.2) is 6.10 Å². The molecule has 0 aliphatic heterocycles. The van der Waals surface area contributed by atoms with E-state index in [1.807, 2.05) is 0 Å².